The number of sulfonamides is 1. The zero-order valence-corrected chi connectivity index (χ0v) is 16.9. The number of aryl methyl sites for hydroxylation is 1. The highest BCUT2D eigenvalue weighted by molar-refractivity contribution is 7.92. The summed E-state index contributed by atoms with van der Waals surface area (Å²) in [5.41, 5.74) is 3.35. The molecule has 0 fully saturated rings. The Bertz CT molecular complexity index is 1160. The van der Waals surface area contributed by atoms with E-state index < -0.39 is 10.0 Å². The van der Waals surface area contributed by atoms with Crippen molar-refractivity contribution in [2.75, 3.05) is 17.5 Å². The summed E-state index contributed by atoms with van der Waals surface area (Å²) in [6.07, 6.45) is 0.857. The van der Waals surface area contributed by atoms with Crippen molar-refractivity contribution in [3.63, 3.8) is 0 Å². The van der Waals surface area contributed by atoms with Crippen LogP contribution in [0.5, 0.6) is 5.75 Å². The molecule has 0 radical (unpaired) electrons. The van der Waals surface area contributed by atoms with Gasteiger partial charge in [0, 0.05) is 0 Å². The zero-order valence-electron chi connectivity index (χ0n) is 15.3. The predicted molar refractivity (Wildman–Crippen MR) is 110 cm³/mol. The summed E-state index contributed by atoms with van der Waals surface area (Å²) >= 11 is 1.36. The van der Waals surface area contributed by atoms with Crippen LogP contribution in [0.4, 0.5) is 5.69 Å². The molecule has 0 N–H and O–H groups in total. The monoisotopic (exact) mass is 410 g/mol. The van der Waals surface area contributed by atoms with Crippen molar-refractivity contribution in [3.8, 4) is 22.9 Å². The largest absolute Gasteiger partial charge is 0.489 e. The Kier molecular flexibility index (Phi) is 4.84. The van der Waals surface area contributed by atoms with E-state index >= 15 is 0 Å². The minimum absolute atomic E-state index is 0.251. The van der Waals surface area contributed by atoms with Gasteiger partial charge in [0.05, 0.1) is 17.1 Å². The van der Waals surface area contributed by atoms with Gasteiger partial charge in [0.25, 0.3) is 10.0 Å². The van der Waals surface area contributed by atoms with Gasteiger partial charge < -0.3 is 4.74 Å². The highest BCUT2D eigenvalue weighted by Crippen LogP contribution is 2.39. The van der Waals surface area contributed by atoms with Crippen molar-refractivity contribution in [3.05, 3.63) is 64.4 Å². The van der Waals surface area contributed by atoms with E-state index in [4.69, 9.17) is 10.00 Å². The third-order valence-corrected chi connectivity index (χ3v) is 7.40. The van der Waals surface area contributed by atoms with Gasteiger partial charge in [-0.25, -0.2) is 8.42 Å². The number of rotatable bonds is 4. The highest BCUT2D eigenvalue weighted by Gasteiger charge is 2.30. The number of fused-ring (bicyclic) bond motifs is 1. The van der Waals surface area contributed by atoms with Crippen molar-refractivity contribution in [1.29, 1.82) is 5.26 Å². The summed E-state index contributed by atoms with van der Waals surface area (Å²) in [7, 11) is -3.70. The van der Waals surface area contributed by atoms with E-state index in [0.29, 0.717) is 22.9 Å². The van der Waals surface area contributed by atoms with E-state index in [9.17, 15) is 8.42 Å². The van der Waals surface area contributed by atoms with Gasteiger partial charge in [-0.15, -0.1) is 11.3 Å². The van der Waals surface area contributed by atoms with Crippen molar-refractivity contribution in [2.24, 2.45) is 0 Å². The minimum Gasteiger partial charge on any atom is -0.489 e. The first kappa shape index (κ1) is 18.5. The molecule has 0 amide bonds. The number of hydrogen-bond donors (Lipinski definition) is 0. The van der Waals surface area contributed by atoms with Crippen LogP contribution in [-0.4, -0.2) is 21.6 Å². The predicted octanol–water partition coefficient (Wildman–Crippen LogP) is 4.44. The first-order valence-corrected chi connectivity index (χ1v) is 11.2. The van der Waals surface area contributed by atoms with E-state index in [-0.39, 0.29) is 11.4 Å². The first-order valence-electron chi connectivity index (χ1n) is 8.90. The highest BCUT2D eigenvalue weighted by atomic mass is 32.2. The number of anilines is 1. The molecule has 1 aliphatic heterocycles. The lowest BCUT2D eigenvalue weighted by Crippen LogP contribution is -2.37. The molecule has 1 aliphatic rings. The Labute approximate surface area is 168 Å². The lowest BCUT2D eigenvalue weighted by Gasteiger charge is -2.31. The average molecular weight is 411 g/mol. The summed E-state index contributed by atoms with van der Waals surface area (Å²) in [5.74, 6) is 0.541. The smallest absolute Gasteiger partial charge is 0.264 e. The van der Waals surface area contributed by atoms with E-state index in [2.05, 4.69) is 6.07 Å². The van der Waals surface area contributed by atoms with Crippen LogP contribution in [-0.2, 0) is 16.4 Å². The molecular formula is C21H18N2O3S2. The molecule has 0 saturated carbocycles. The lowest BCUT2D eigenvalue weighted by atomic mass is 10.1. The molecule has 5 nitrogen and oxygen atoms in total. The molecule has 142 valence electrons. The van der Waals surface area contributed by atoms with Gasteiger partial charge >= 0.3 is 0 Å². The summed E-state index contributed by atoms with van der Waals surface area (Å²) < 4.78 is 33.6. The lowest BCUT2D eigenvalue weighted by molar-refractivity contribution is 0.316. The van der Waals surface area contributed by atoms with Crippen LogP contribution >= 0.6 is 11.3 Å². The fourth-order valence-corrected chi connectivity index (χ4v) is 5.35. The Hall–Kier alpha value is -2.82. The second kappa shape index (κ2) is 7.30. The normalized spacial score (nSPS) is 13.5. The number of ether oxygens (including phenoxy) is 1. The van der Waals surface area contributed by atoms with Crippen LogP contribution in [0.3, 0.4) is 0 Å². The van der Waals surface area contributed by atoms with Gasteiger partial charge in [-0.1, -0.05) is 25.1 Å². The van der Waals surface area contributed by atoms with Gasteiger partial charge in [-0.05, 0) is 58.8 Å². The number of benzene rings is 2. The summed E-state index contributed by atoms with van der Waals surface area (Å²) in [6, 6.07) is 16.4. The van der Waals surface area contributed by atoms with Gasteiger partial charge in [0.1, 0.15) is 23.3 Å². The van der Waals surface area contributed by atoms with Gasteiger partial charge in [-0.2, -0.15) is 5.26 Å². The molecule has 0 aliphatic carbocycles. The van der Waals surface area contributed by atoms with E-state index in [1.807, 2.05) is 36.6 Å². The molecule has 0 saturated heterocycles. The van der Waals surface area contributed by atoms with Crippen LogP contribution in [0.15, 0.2) is 58.8 Å². The average Bonchev–Trinajstić information content (AvgIpc) is 3.22. The molecule has 0 bridgehead atoms. The molecule has 1 aromatic heterocycles. The molecule has 28 heavy (non-hydrogen) atoms. The maximum absolute atomic E-state index is 13.3. The maximum Gasteiger partial charge on any atom is 0.264 e. The Balaban J connectivity index is 1.76. The van der Waals surface area contributed by atoms with Crippen molar-refractivity contribution in [2.45, 2.75) is 18.2 Å². The summed E-state index contributed by atoms with van der Waals surface area (Å²) in [5, 5.41) is 11.0. The Morgan fingerprint density at radius 3 is 2.61 bits per heavy atom. The molecule has 0 unspecified atom stereocenters. The fourth-order valence-electron chi connectivity index (χ4n) is 3.19. The standard InChI is InChI=1S/C21H18N2O3S2/c1-2-15-3-6-19(7-4-15)28(24,25)23-9-10-26-21-8-5-16(12-20(21)23)17-11-18(13-22)27-14-17/h3-8,11-12,14H,2,9-10H2,1H3. The van der Waals surface area contributed by atoms with Crippen molar-refractivity contribution < 1.29 is 13.2 Å². The molecule has 0 spiro atoms. The van der Waals surface area contributed by atoms with Crippen LogP contribution < -0.4 is 9.04 Å². The minimum atomic E-state index is -3.70. The van der Waals surface area contributed by atoms with Crippen LogP contribution in [0.2, 0.25) is 0 Å². The van der Waals surface area contributed by atoms with Crippen LogP contribution in [0.1, 0.15) is 17.4 Å². The SMILES string of the molecule is CCc1ccc(S(=O)(=O)N2CCOc3ccc(-c4csc(C#N)c4)cc32)cc1. The second-order valence-electron chi connectivity index (χ2n) is 6.42. The third-order valence-electron chi connectivity index (χ3n) is 4.74. The quantitative estimate of drug-likeness (QED) is 0.638. The van der Waals surface area contributed by atoms with Gasteiger partial charge in [-0.3, -0.25) is 4.31 Å². The van der Waals surface area contributed by atoms with Gasteiger partial charge in [0.2, 0.25) is 0 Å². The zero-order chi connectivity index (χ0) is 19.7. The molecule has 7 heteroatoms. The van der Waals surface area contributed by atoms with Crippen molar-refractivity contribution >= 4 is 27.0 Å². The molecule has 3 aromatic rings. The van der Waals surface area contributed by atoms with Gasteiger partial charge in [0.15, 0.2) is 0 Å². The van der Waals surface area contributed by atoms with Crippen LogP contribution in [0.25, 0.3) is 11.1 Å². The third kappa shape index (κ3) is 3.26. The number of nitrogens with zero attached hydrogens (tertiary/aromatic N) is 2. The Morgan fingerprint density at radius 2 is 1.93 bits per heavy atom. The Morgan fingerprint density at radius 1 is 1.14 bits per heavy atom. The topological polar surface area (TPSA) is 70.4 Å². The summed E-state index contributed by atoms with van der Waals surface area (Å²) in [4.78, 5) is 0.884. The molecule has 2 aromatic carbocycles. The van der Waals surface area contributed by atoms with E-state index in [0.717, 1.165) is 23.1 Å². The molecule has 0 atom stereocenters. The molecule has 2 heterocycles. The number of nitriles is 1. The maximum atomic E-state index is 13.3. The first-order chi connectivity index (χ1) is 13.5. The van der Waals surface area contributed by atoms with Crippen molar-refractivity contribution in [1.82, 2.24) is 0 Å². The van der Waals surface area contributed by atoms with E-state index in [1.165, 1.54) is 15.6 Å². The number of thiophene rings is 1. The number of hydrogen-bond acceptors (Lipinski definition) is 5. The molecule has 4 rings (SSSR count). The molecular weight excluding hydrogens is 392 g/mol. The van der Waals surface area contributed by atoms with Crippen LogP contribution in [0, 0.1) is 11.3 Å². The van der Waals surface area contributed by atoms with E-state index in [1.54, 1.807) is 24.3 Å². The fraction of sp³-hybridized carbons (Fsp3) is 0.190. The second-order valence-corrected chi connectivity index (χ2v) is 9.19. The summed E-state index contributed by atoms with van der Waals surface area (Å²) in [6.45, 7) is 2.59.